The van der Waals surface area contributed by atoms with Crippen LogP contribution in [0.4, 0.5) is 0 Å². The van der Waals surface area contributed by atoms with Gasteiger partial charge in [-0.3, -0.25) is 24.3 Å². The third-order valence-electron chi connectivity index (χ3n) is 6.74. The second-order valence-electron chi connectivity index (χ2n) is 9.19. The van der Waals surface area contributed by atoms with Crippen molar-refractivity contribution < 1.29 is 14.3 Å². The molecule has 1 amide bonds. The van der Waals surface area contributed by atoms with E-state index in [2.05, 4.69) is 9.88 Å². The second kappa shape index (κ2) is 8.90. The van der Waals surface area contributed by atoms with Crippen molar-refractivity contribution in [1.82, 2.24) is 14.5 Å². The Hall–Kier alpha value is -3.72. The summed E-state index contributed by atoms with van der Waals surface area (Å²) in [5.74, 6) is -0.861. The van der Waals surface area contributed by atoms with Gasteiger partial charge < -0.3 is 19.8 Å². The van der Waals surface area contributed by atoms with E-state index in [0.717, 1.165) is 25.2 Å². The number of fused-ring (bicyclic) bond motifs is 4. The fraction of sp³-hybridized carbons (Fsp3) is 0.360. The van der Waals surface area contributed by atoms with Crippen LogP contribution >= 0.6 is 0 Å². The molecule has 3 aromatic heterocycles. The van der Waals surface area contributed by atoms with E-state index < -0.39 is 23.0 Å². The van der Waals surface area contributed by atoms with Gasteiger partial charge in [0.05, 0.1) is 12.5 Å². The Bertz CT molecular complexity index is 1330. The van der Waals surface area contributed by atoms with Crippen LogP contribution in [-0.4, -0.2) is 38.6 Å². The van der Waals surface area contributed by atoms with Crippen molar-refractivity contribution in [1.29, 1.82) is 0 Å². The smallest absolute Gasteiger partial charge is 0.250 e. The molecule has 9 nitrogen and oxygen atoms in total. The van der Waals surface area contributed by atoms with Crippen LogP contribution in [-0.2, 0) is 17.9 Å². The summed E-state index contributed by atoms with van der Waals surface area (Å²) < 4.78 is 7.91. The highest BCUT2D eigenvalue weighted by Gasteiger charge is 2.35. The molecule has 2 bridgehead atoms. The normalized spacial score (nSPS) is 20.5. The predicted octanol–water partition coefficient (Wildman–Crippen LogP) is 1.53. The predicted molar refractivity (Wildman–Crippen MR) is 123 cm³/mol. The number of piperidine rings is 1. The number of carbonyl (C=O) groups excluding carboxylic acids is 1. The Kier molecular flexibility index (Phi) is 5.79. The van der Waals surface area contributed by atoms with Crippen LogP contribution in [0.3, 0.4) is 0 Å². The first-order valence-corrected chi connectivity index (χ1v) is 11.3. The Morgan fingerprint density at radius 1 is 1.21 bits per heavy atom. The van der Waals surface area contributed by atoms with Gasteiger partial charge >= 0.3 is 0 Å². The van der Waals surface area contributed by atoms with Crippen molar-refractivity contribution in [2.24, 2.45) is 11.7 Å². The summed E-state index contributed by atoms with van der Waals surface area (Å²) in [5.41, 5.74) is 6.58. The molecule has 1 fully saturated rings. The summed E-state index contributed by atoms with van der Waals surface area (Å²) in [6.07, 6.45) is 4.04. The van der Waals surface area contributed by atoms with Gasteiger partial charge in [-0.2, -0.15) is 0 Å². The Morgan fingerprint density at radius 3 is 2.82 bits per heavy atom. The molecule has 9 heteroatoms. The highest BCUT2D eigenvalue weighted by molar-refractivity contribution is 5.75. The minimum Gasteiger partial charge on any atom is -0.502 e. The molecule has 176 valence electrons. The molecule has 5 rings (SSSR count). The van der Waals surface area contributed by atoms with Crippen molar-refractivity contribution in [2.45, 2.75) is 37.8 Å². The Balaban J connectivity index is 1.44. The molecule has 2 aliphatic heterocycles. The molecule has 3 unspecified atom stereocenters. The number of pyridine rings is 2. The van der Waals surface area contributed by atoms with E-state index in [4.69, 9.17) is 10.2 Å². The molecule has 2 aliphatic rings. The van der Waals surface area contributed by atoms with Crippen LogP contribution in [0.2, 0.25) is 0 Å². The number of primary amides is 1. The largest absolute Gasteiger partial charge is 0.502 e. The van der Waals surface area contributed by atoms with E-state index in [-0.39, 0.29) is 23.7 Å². The topological polar surface area (TPSA) is 132 Å². The quantitative estimate of drug-likeness (QED) is 0.568. The average Bonchev–Trinajstić information content (AvgIpc) is 2.81. The second-order valence-corrected chi connectivity index (χ2v) is 9.19. The Morgan fingerprint density at radius 2 is 2.06 bits per heavy atom. The van der Waals surface area contributed by atoms with Crippen LogP contribution < -0.4 is 16.7 Å². The van der Waals surface area contributed by atoms with Gasteiger partial charge in [-0.25, -0.2) is 0 Å². The molecule has 0 radical (unpaired) electrons. The third-order valence-corrected chi connectivity index (χ3v) is 6.74. The molecule has 3 atom stereocenters. The molecule has 3 N–H and O–H groups in total. The van der Waals surface area contributed by atoms with Gasteiger partial charge in [0.1, 0.15) is 5.76 Å². The van der Waals surface area contributed by atoms with Crippen LogP contribution in [0.25, 0.3) is 0 Å². The summed E-state index contributed by atoms with van der Waals surface area (Å²) in [4.78, 5) is 42.9. The van der Waals surface area contributed by atoms with E-state index in [9.17, 15) is 19.5 Å². The zero-order valence-electron chi connectivity index (χ0n) is 18.6. The molecule has 3 aromatic rings. The number of rotatable bonds is 6. The third kappa shape index (κ3) is 4.26. The SMILES string of the molecule is NC(=O)CC(c1cccnc1)c1oc(CN2CC3CC(C2)c2cccc(=O)n2C3)cc(=O)c1O. The molecule has 0 aliphatic carbocycles. The van der Waals surface area contributed by atoms with Crippen molar-refractivity contribution in [2.75, 3.05) is 13.1 Å². The zero-order chi connectivity index (χ0) is 23.8. The van der Waals surface area contributed by atoms with E-state index in [1.165, 1.54) is 6.07 Å². The van der Waals surface area contributed by atoms with E-state index >= 15 is 0 Å². The first kappa shape index (κ1) is 22.1. The molecular weight excluding hydrogens is 436 g/mol. The van der Waals surface area contributed by atoms with Gasteiger partial charge in [0.15, 0.2) is 5.76 Å². The minimum atomic E-state index is -0.724. The van der Waals surface area contributed by atoms with Gasteiger partial charge in [0, 0.05) is 62.2 Å². The van der Waals surface area contributed by atoms with Crippen molar-refractivity contribution >= 4 is 5.91 Å². The number of likely N-dealkylation sites (tertiary alicyclic amines) is 1. The maximum absolute atomic E-state index is 12.6. The first-order valence-electron chi connectivity index (χ1n) is 11.3. The minimum absolute atomic E-state index is 0.0170. The van der Waals surface area contributed by atoms with Crippen LogP contribution in [0.5, 0.6) is 5.75 Å². The van der Waals surface area contributed by atoms with Gasteiger partial charge in [0.2, 0.25) is 17.1 Å². The van der Waals surface area contributed by atoms with E-state index in [1.54, 1.807) is 36.7 Å². The lowest BCUT2D eigenvalue weighted by atomic mass is 9.83. The molecule has 34 heavy (non-hydrogen) atoms. The van der Waals surface area contributed by atoms with Gasteiger partial charge in [-0.15, -0.1) is 0 Å². The maximum atomic E-state index is 12.6. The number of nitrogens with two attached hydrogens (primary N) is 1. The highest BCUT2D eigenvalue weighted by Crippen LogP contribution is 2.36. The average molecular weight is 463 g/mol. The van der Waals surface area contributed by atoms with Crippen LogP contribution in [0, 0.1) is 5.92 Å². The van der Waals surface area contributed by atoms with E-state index in [1.807, 2.05) is 10.6 Å². The van der Waals surface area contributed by atoms with Crippen LogP contribution in [0.15, 0.2) is 62.8 Å². The highest BCUT2D eigenvalue weighted by atomic mass is 16.4. The number of nitrogens with zero attached hydrogens (tertiary/aromatic N) is 3. The lowest BCUT2D eigenvalue weighted by molar-refractivity contribution is -0.118. The molecule has 1 saturated heterocycles. The lowest BCUT2D eigenvalue weighted by Crippen LogP contribution is -2.46. The summed E-state index contributed by atoms with van der Waals surface area (Å²) >= 11 is 0. The summed E-state index contributed by atoms with van der Waals surface area (Å²) in [6.45, 7) is 2.55. The fourth-order valence-corrected chi connectivity index (χ4v) is 5.36. The molecule has 0 spiro atoms. The number of aromatic hydroxyl groups is 1. The lowest BCUT2D eigenvalue weighted by Gasteiger charge is -2.42. The number of hydrogen-bond acceptors (Lipinski definition) is 7. The summed E-state index contributed by atoms with van der Waals surface area (Å²) in [5, 5.41) is 10.5. The monoisotopic (exact) mass is 462 g/mol. The van der Waals surface area contributed by atoms with Crippen molar-refractivity contribution in [3.05, 3.63) is 92.1 Å². The van der Waals surface area contributed by atoms with Gasteiger partial charge in [0.25, 0.3) is 5.56 Å². The fourth-order valence-electron chi connectivity index (χ4n) is 5.36. The summed E-state index contributed by atoms with van der Waals surface area (Å²) in [7, 11) is 0. The summed E-state index contributed by atoms with van der Waals surface area (Å²) in [6, 6.07) is 10.2. The number of hydrogen-bond donors (Lipinski definition) is 2. The molecule has 0 aromatic carbocycles. The van der Waals surface area contributed by atoms with Crippen molar-refractivity contribution in [3.8, 4) is 5.75 Å². The number of amides is 1. The Labute approximate surface area is 195 Å². The standard InChI is InChI=1S/C25H26N4O5/c26-22(31)9-19(16-3-2-6-27-10-16)25-24(33)21(30)8-18(34-25)14-28-11-15-7-17(13-28)20-4-1-5-23(32)29(20)12-15/h1-6,8,10,15,17,19,33H,7,9,11-14H2,(H2,26,31). The molecular formula is C25H26N4O5. The van der Waals surface area contributed by atoms with E-state index in [0.29, 0.717) is 30.3 Å². The first-order chi connectivity index (χ1) is 16.4. The van der Waals surface area contributed by atoms with Crippen molar-refractivity contribution in [3.63, 3.8) is 0 Å². The zero-order valence-corrected chi connectivity index (χ0v) is 18.6. The molecule has 0 saturated carbocycles. The number of carbonyl (C=O) groups is 1. The maximum Gasteiger partial charge on any atom is 0.250 e. The molecule has 5 heterocycles. The van der Waals surface area contributed by atoms with Gasteiger partial charge in [-0.05, 0) is 30.0 Å². The number of aromatic nitrogens is 2. The van der Waals surface area contributed by atoms with Gasteiger partial charge in [-0.1, -0.05) is 12.1 Å². The van der Waals surface area contributed by atoms with Crippen LogP contribution in [0.1, 0.15) is 47.5 Å².